The van der Waals surface area contributed by atoms with Crippen molar-refractivity contribution in [1.29, 1.82) is 0 Å². The van der Waals surface area contributed by atoms with Gasteiger partial charge in [0.2, 0.25) is 0 Å². The maximum atomic E-state index is 8.95. The first-order valence-corrected chi connectivity index (χ1v) is 3.39. The summed E-state index contributed by atoms with van der Waals surface area (Å²) in [6.45, 7) is 0.194. The molecule has 0 amide bonds. The van der Waals surface area contributed by atoms with E-state index in [1.807, 2.05) is 6.07 Å². The van der Waals surface area contributed by atoms with Crippen molar-refractivity contribution in [3.8, 4) is 0 Å². The molecule has 3 nitrogen and oxygen atoms in total. The van der Waals surface area contributed by atoms with E-state index >= 15 is 0 Å². The zero-order valence-electron chi connectivity index (χ0n) is 5.58. The van der Waals surface area contributed by atoms with Crippen LogP contribution < -0.4 is 0 Å². The second-order valence-electron chi connectivity index (χ2n) is 2.82. The van der Waals surface area contributed by atoms with Crippen LogP contribution in [0.5, 0.6) is 0 Å². The van der Waals surface area contributed by atoms with Gasteiger partial charge >= 0.3 is 0 Å². The fraction of sp³-hybridized carbons (Fsp3) is 0.571. The number of hydrogen-bond donors (Lipinski definition) is 1. The number of aromatic nitrogens is 1. The standard InChI is InChI=1S/C7H9NO2/c9-5-7(2-3-7)6-1-4-10-8-6/h1,4,9H,2-3,5H2. The second-order valence-corrected chi connectivity index (χ2v) is 2.82. The third kappa shape index (κ3) is 0.671. The highest BCUT2D eigenvalue weighted by molar-refractivity contribution is 5.21. The molecule has 1 heterocycles. The zero-order chi connectivity index (χ0) is 7.03. The van der Waals surface area contributed by atoms with E-state index in [1.54, 1.807) is 6.26 Å². The maximum Gasteiger partial charge on any atom is 0.124 e. The Kier molecular flexibility index (Phi) is 1.08. The van der Waals surface area contributed by atoms with Crippen LogP contribution in [0.25, 0.3) is 0 Å². The number of aliphatic hydroxyl groups excluding tert-OH is 1. The Morgan fingerprint density at radius 1 is 1.70 bits per heavy atom. The van der Waals surface area contributed by atoms with Crippen molar-refractivity contribution in [2.75, 3.05) is 6.61 Å². The average Bonchev–Trinajstić information content (AvgIpc) is 2.58. The van der Waals surface area contributed by atoms with E-state index in [1.165, 1.54) is 0 Å². The molecule has 0 aliphatic heterocycles. The summed E-state index contributed by atoms with van der Waals surface area (Å²) in [6.07, 6.45) is 3.62. The van der Waals surface area contributed by atoms with E-state index in [2.05, 4.69) is 9.68 Å². The molecule has 1 aliphatic carbocycles. The molecule has 10 heavy (non-hydrogen) atoms. The van der Waals surface area contributed by atoms with E-state index in [0.717, 1.165) is 18.5 Å². The van der Waals surface area contributed by atoms with Gasteiger partial charge in [-0.2, -0.15) is 0 Å². The van der Waals surface area contributed by atoms with Crippen LogP contribution in [0, 0.1) is 0 Å². The largest absolute Gasteiger partial charge is 0.395 e. The quantitative estimate of drug-likeness (QED) is 0.656. The minimum atomic E-state index is -0.0347. The summed E-state index contributed by atoms with van der Waals surface area (Å²) in [6, 6.07) is 1.82. The Labute approximate surface area is 58.6 Å². The minimum Gasteiger partial charge on any atom is -0.395 e. The van der Waals surface area contributed by atoms with Gasteiger partial charge in [-0.3, -0.25) is 0 Å². The molecule has 0 saturated heterocycles. The summed E-state index contributed by atoms with van der Waals surface area (Å²) in [5.74, 6) is 0. The van der Waals surface area contributed by atoms with Gasteiger partial charge in [0.1, 0.15) is 6.26 Å². The Bertz CT molecular complexity index is 214. The first kappa shape index (κ1) is 5.92. The summed E-state index contributed by atoms with van der Waals surface area (Å²) in [4.78, 5) is 0. The molecule has 0 unspecified atom stereocenters. The molecule has 54 valence electrons. The Morgan fingerprint density at radius 3 is 2.90 bits per heavy atom. The van der Waals surface area contributed by atoms with E-state index in [0.29, 0.717) is 0 Å². The Hall–Kier alpha value is -0.830. The summed E-state index contributed by atoms with van der Waals surface area (Å²) in [5.41, 5.74) is 0.863. The lowest BCUT2D eigenvalue weighted by Gasteiger charge is -2.04. The molecule has 0 aromatic carbocycles. The molecular formula is C7H9NO2. The van der Waals surface area contributed by atoms with Crippen molar-refractivity contribution in [3.63, 3.8) is 0 Å². The van der Waals surface area contributed by atoms with Gasteiger partial charge in [0.05, 0.1) is 12.3 Å². The molecule has 1 saturated carbocycles. The van der Waals surface area contributed by atoms with Crippen LogP contribution in [0.4, 0.5) is 0 Å². The number of aliphatic hydroxyl groups is 1. The summed E-state index contributed by atoms with van der Waals surface area (Å²) < 4.78 is 4.68. The van der Waals surface area contributed by atoms with Crippen LogP contribution in [0.1, 0.15) is 18.5 Å². The van der Waals surface area contributed by atoms with Crippen molar-refractivity contribution in [3.05, 3.63) is 18.0 Å². The molecule has 0 spiro atoms. The average molecular weight is 139 g/mol. The second kappa shape index (κ2) is 1.83. The maximum absolute atomic E-state index is 8.95. The predicted octanol–water partition coefficient (Wildman–Crippen LogP) is 0.698. The van der Waals surface area contributed by atoms with Gasteiger partial charge in [0.25, 0.3) is 0 Å². The van der Waals surface area contributed by atoms with Gasteiger partial charge in [0.15, 0.2) is 0 Å². The lowest BCUT2D eigenvalue weighted by molar-refractivity contribution is 0.248. The molecule has 1 aromatic heterocycles. The van der Waals surface area contributed by atoms with Crippen LogP contribution >= 0.6 is 0 Å². The van der Waals surface area contributed by atoms with Gasteiger partial charge in [-0.05, 0) is 12.8 Å². The van der Waals surface area contributed by atoms with Gasteiger partial charge < -0.3 is 9.63 Å². The minimum absolute atomic E-state index is 0.0347. The Balaban J connectivity index is 2.27. The molecule has 3 heteroatoms. The molecule has 0 bridgehead atoms. The lowest BCUT2D eigenvalue weighted by Crippen LogP contribution is -2.11. The molecule has 2 rings (SSSR count). The van der Waals surface area contributed by atoms with E-state index in [9.17, 15) is 0 Å². The van der Waals surface area contributed by atoms with Crippen LogP contribution in [-0.2, 0) is 5.41 Å². The fourth-order valence-electron chi connectivity index (χ4n) is 1.13. The predicted molar refractivity (Wildman–Crippen MR) is 34.5 cm³/mol. The van der Waals surface area contributed by atoms with Crippen molar-refractivity contribution >= 4 is 0 Å². The van der Waals surface area contributed by atoms with Gasteiger partial charge in [-0.25, -0.2) is 0 Å². The van der Waals surface area contributed by atoms with Crippen molar-refractivity contribution in [2.24, 2.45) is 0 Å². The van der Waals surface area contributed by atoms with Crippen LogP contribution in [0.2, 0.25) is 0 Å². The molecule has 1 aliphatic rings. The number of rotatable bonds is 2. The molecular weight excluding hydrogens is 130 g/mol. The summed E-state index contributed by atoms with van der Waals surface area (Å²) in [7, 11) is 0. The third-order valence-electron chi connectivity index (χ3n) is 2.14. The fourth-order valence-corrected chi connectivity index (χ4v) is 1.13. The normalized spacial score (nSPS) is 20.9. The van der Waals surface area contributed by atoms with Crippen LogP contribution in [0.15, 0.2) is 16.9 Å². The topological polar surface area (TPSA) is 46.3 Å². The highest BCUT2D eigenvalue weighted by atomic mass is 16.5. The van der Waals surface area contributed by atoms with Crippen LogP contribution in [-0.4, -0.2) is 16.9 Å². The SMILES string of the molecule is OCC1(c2ccon2)CC1. The molecule has 1 N–H and O–H groups in total. The molecule has 0 radical (unpaired) electrons. The molecule has 1 aromatic rings. The van der Waals surface area contributed by atoms with E-state index < -0.39 is 0 Å². The first-order valence-electron chi connectivity index (χ1n) is 3.39. The smallest absolute Gasteiger partial charge is 0.124 e. The van der Waals surface area contributed by atoms with Crippen LogP contribution in [0.3, 0.4) is 0 Å². The van der Waals surface area contributed by atoms with Gasteiger partial charge in [0, 0.05) is 11.5 Å². The summed E-state index contributed by atoms with van der Waals surface area (Å²) >= 11 is 0. The van der Waals surface area contributed by atoms with Crippen molar-refractivity contribution in [1.82, 2.24) is 5.16 Å². The molecule has 1 fully saturated rings. The van der Waals surface area contributed by atoms with Crippen molar-refractivity contribution < 1.29 is 9.63 Å². The highest BCUT2D eigenvalue weighted by Gasteiger charge is 2.45. The first-order chi connectivity index (χ1) is 4.87. The van der Waals surface area contributed by atoms with E-state index in [-0.39, 0.29) is 12.0 Å². The number of nitrogens with zero attached hydrogens (tertiary/aromatic N) is 1. The lowest BCUT2D eigenvalue weighted by atomic mass is 10.1. The number of hydrogen-bond acceptors (Lipinski definition) is 3. The van der Waals surface area contributed by atoms with E-state index in [4.69, 9.17) is 5.11 Å². The zero-order valence-corrected chi connectivity index (χ0v) is 5.58. The third-order valence-corrected chi connectivity index (χ3v) is 2.14. The Morgan fingerprint density at radius 2 is 2.50 bits per heavy atom. The monoisotopic (exact) mass is 139 g/mol. The van der Waals surface area contributed by atoms with Crippen molar-refractivity contribution in [2.45, 2.75) is 18.3 Å². The van der Waals surface area contributed by atoms with Gasteiger partial charge in [-0.1, -0.05) is 5.16 Å². The molecule has 0 atom stereocenters. The highest BCUT2D eigenvalue weighted by Crippen LogP contribution is 2.46. The van der Waals surface area contributed by atoms with Gasteiger partial charge in [-0.15, -0.1) is 0 Å². The summed E-state index contributed by atoms with van der Waals surface area (Å²) in [5, 5.41) is 12.7.